The number of halogens is 4. The summed E-state index contributed by atoms with van der Waals surface area (Å²) in [5.41, 5.74) is 0.581. The predicted molar refractivity (Wildman–Crippen MR) is 45.4 cm³/mol. The monoisotopic (exact) mass is 227 g/mol. The highest BCUT2D eigenvalue weighted by molar-refractivity contribution is 6.29. The van der Waals surface area contributed by atoms with Gasteiger partial charge in [0.05, 0.1) is 0 Å². The first kappa shape index (κ1) is 10.5. The SMILES string of the molecule is FC(F)Oc1cc(CCl)cc(Cl)n1. The molecule has 6 heteroatoms. The van der Waals surface area contributed by atoms with Crippen molar-refractivity contribution in [2.75, 3.05) is 0 Å². The van der Waals surface area contributed by atoms with Crippen LogP contribution >= 0.6 is 23.2 Å². The van der Waals surface area contributed by atoms with Crippen molar-refractivity contribution in [3.8, 4) is 5.88 Å². The minimum absolute atomic E-state index is 0.0776. The lowest BCUT2D eigenvalue weighted by molar-refractivity contribution is -0.0528. The Morgan fingerprint density at radius 2 is 2.15 bits per heavy atom. The van der Waals surface area contributed by atoms with Gasteiger partial charge in [-0.1, -0.05) is 11.6 Å². The topological polar surface area (TPSA) is 22.1 Å². The van der Waals surface area contributed by atoms with Crippen molar-refractivity contribution >= 4 is 23.2 Å². The minimum Gasteiger partial charge on any atom is -0.417 e. The van der Waals surface area contributed by atoms with E-state index in [1.54, 1.807) is 0 Å². The summed E-state index contributed by atoms with van der Waals surface area (Å²) in [5.74, 6) is -0.0554. The van der Waals surface area contributed by atoms with Gasteiger partial charge < -0.3 is 4.74 Å². The normalized spacial score (nSPS) is 10.5. The third kappa shape index (κ3) is 3.32. The zero-order valence-corrected chi connectivity index (χ0v) is 7.82. The first-order valence-electron chi connectivity index (χ1n) is 3.29. The first-order valence-corrected chi connectivity index (χ1v) is 4.20. The van der Waals surface area contributed by atoms with Crippen LogP contribution < -0.4 is 4.74 Å². The molecule has 0 radical (unpaired) electrons. The maximum absolute atomic E-state index is 11.7. The third-order valence-electron chi connectivity index (χ3n) is 1.19. The molecule has 1 aromatic heterocycles. The number of nitrogens with zero attached hydrogens (tertiary/aromatic N) is 1. The van der Waals surface area contributed by atoms with Crippen molar-refractivity contribution in [1.29, 1.82) is 0 Å². The number of hydrogen-bond acceptors (Lipinski definition) is 2. The van der Waals surface area contributed by atoms with Crippen molar-refractivity contribution in [3.63, 3.8) is 0 Å². The second-order valence-electron chi connectivity index (χ2n) is 2.15. The fourth-order valence-corrected chi connectivity index (χ4v) is 1.13. The lowest BCUT2D eigenvalue weighted by Gasteiger charge is -2.04. The zero-order valence-electron chi connectivity index (χ0n) is 6.31. The Kier molecular flexibility index (Phi) is 3.69. The van der Waals surface area contributed by atoms with Crippen LogP contribution in [0, 0.1) is 0 Å². The van der Waals surface area contributed by atoms with Crippen molar-refractivity contribution in [3.05, 3.63) is 22.8 Å². The van der Waals surface area contributed by atoms with E-state index in [1.165, 1.54) is 12.1 Å². The highest BCUT2D eigenvalue weighted by Gasteiger charge is 2.07. The Hall–Kier alpha value is -0.610. The van der Waals surface area contributed by atoms with Crippen LogP contribution in [0.4, 0.5) is 8.78 Å². The highest BCUT2D eigenvalue weighted by atomic mass is 35.5. The summed E-state index contributed by atoms with van der Waals surface area (Å²) in [6.45, 7) is -2.91. The summed E-state index contributed by atoms with van der Waals surface area (Å²) >= 11 is 11.0. The molecule has 0 aromatic carbocycles. The Balaban J connectivity index is 2.88. The second-order valence-corrected chi connectivity index (χ2v) is 2.80. The van der Waals surface area contributed by atoms with E-state index in [2.05, 4.69) is 9.72 Å². The highest BCUT2D eigenvalue weighted by Crippen LogP contribution is 2.19. The number of rotatable bonds is 3. The Labute approximate surface area is 83.4 Å². The van der Waals surface area contributed by atoms with Gasteiger partial charge in [-0.3, -0.25) is 0 Å². The molecule has 0 atom stereocenters. The quantitative estimate of drug-likeness (QED) is 0.585. The smallest absolute Gasteiger partial charge is 0.388 e. The van der Waals surface area contributed by atoms with Gasteiger partial charge in [0.1, 0.15) is 5.15 Å². The number of aromatic nitrogens is 1. The molecule has 13 heavy (non-hydrogen) atoms. The Morgan fingerprint density at radius 1 is 1.46 bits per heavy atom. The van der Waals surface area contributed by atoms with E-state index in [-0.39, 0.29) is 16.9 Å². The van der Waals surface area contributed by atoms with E-state index >= 15 is 0 Å². The number of hydrogen-bond donors (Lipinski definition) is 0. The molecule has 1 rings (SSSR count). The molecular formula is C7H5Cl2F2NO. The van der Waals surface area contributed by atoms with Crippen molar-refractivity contribution < 1.29 is 13.5 Å². The predicted octanol–water partition coefficient (Wildman–Crippen LogP) is 3.08. The number of alkyl halides is 3. The molecule has 72 valence electrons. The standard InChI is InChI=1S/C7H5Cl2F2NO/c8-3-4-1-5(9)12-6(2-4)13-7(10)11/h1-2,7H,3H2. The van der Waals surface area contributed by atoms with Crippen LogP contribution in [0.1, 0.15) is 5.56 Å². The molecule has 0 fully saturated rings. The molecule has 0 saturated carbocycles. The second kappa shape index (κ2) is 4.58. The van der Waals surface area contributed by atoms with Gasteiger partial charge in [-0.05, 0) is 11.6 Å². The molecule has 0 bridgehead atoms. The van der Waals surface area contributed by atoms with Crippen LogP contribution in [0.5, 0.6) is 5.88 Å². The van der Waals surface area contributed by atoms with E-state index in [0.29, 0.717) is 5.56 Å². The summed E-state index contributed by atoms with van der Waals surface area (Å²) in [7, 11) is 0. The van der Waals surface area contributed by atoms with Gasteiger partial charge in [0, 0.05) is 11.9 Å². The molecule has 0 aliphatic heterocycles. The molecule has 1 aromatic rings. The lowest BCUT2D eigenvalue weighted by atomic mass is 10.3. The van der Waals surface area contributed by atoms with Crippen LogP contribution in [-0.4, -0.2) is 11.6 Å². The van der Waals surface area contributed by atoms with Gasteiger partial charge in [0.15, 0.2) is 0 Å². The van der Waals surface area contributed by atoms with E-state index in [0.717, 1.165) is 0 Å². The van der Waals surface area contributed by atoms with Gasteiger partial charge >= 0.3 is 6.61 Å². The molecule has 1 heterocycles. The number of ether oxygens (including phenoxy) is 1. The average molecular weight is 228 g/mol. The number of pyridine rings is 1. The summed E-state index contributed by atoms with van der Waals surface area (Å²) < 4.78 is 27.5. The fourth-order valence-electron chi connectivity index (χ4n) is 0.752. The largest absolute Gasteiger partial charge is 0.417 e. The van der Waals surface area contributed by atoms with Gasteiger partial charge in [-0.2, -0.15) is 8.78 Å². The zero-order chi connectivity index (χ0) is 9.84. The van der Waals surface area contributed by atoms with E-state index < -0.39 is 6.61 Å². The fraction of sp³-hybridized carbons (Fsp3) is 0.286. The summed E-state index contributed by atoms with van der Waals surface area (Å²) in [5, 5.41) is 0.0776. The van der Waals surface area contributed by atoms with Crippen LogP contribution in [0.2, 0.25) is 5.15 Å². The first-order chi connectivity index (χ1) is 6.11. The third-order valence-corrected chi connectivity index (χ3v) is 1.70. The van der Waals surface area contributed by atoms with Gasteiger partial charge in [-0.25, -0.2) is 4.98 Å². The maximum atomic E-state index is 11.7. The van der Waals surface area contributed by atoms with Crippen LogP contribution in [0.15, 0.2) is 12.1 Å². The van der Waals surface area contributed by atoms with E-state index in [1.807, 2.05) is 0 Å². The van der Waals surface area contributed by atoms with E-state index in [9.17, 15) is 8.78 Å². The Morgan fingerprint density at radius 3 is 2.69 bits per heavy atom. The van der Waals surface area contributed by atoms with Gasteiger partial charge in [0.2, 0.25) is 5.88 Å². The molecule has 0 unspecified atom stereocenters. The molecule has 0 saturated heterocycles. The lowest BCUT2D eigenvalue weighted by Crippen LogP contribution is -2.04. The molecule has 0 amide bonds. The minimum atomic E-state index is -2.91. The maximum Gasteiger partial charge on any atom is 0.388 e. The van der Waals surface area contributed by atoms with Crippen molar-refractivity contribution in [2.24, 2.45) is 0 Å². The average Bonchev–Trinajstić information content (AvgIpc) is 2.01. The van der Waals surface area contributed by atoms with Crippen molar-refractivity contribution in [1.82, 2.24) is 4.98 Å². The van der Waals surface area contributed by atoms with Crippen LogP contribution in [-0.2, 0) is 5.88 Å². The molecule has 0 N–H and O–H groups in total. The molecule has 0 aliphatic carbocycles. The molecular weight excluding hydrogens is 223 g/mol. The summed E-state index contributed by atoms with van der Waals surface area (Å²) in [6, 6.07) is 2.79. The van der Waals surface area contributed by atoms with Crippen LogP contribution in [0.25, 0.3) is 0 Å². The Bertz CT molecular complexity index is 296. The molecule has 0 spiro atoms. The summed E-state index contributed by atoms with van der Waals surface area (Å²) in [4.78, 5) is 3.53. The van der Waals surface area contributed by atoms with Crippen LogP contribution in [0.3, 0.4) is 0 Å². The molecule has 2 nitrogen and oxygen atoms in total. The summed E-state index contributed by atoms with van der Waals surface area (Å²) in [6.07, 6.45) is 0. The van der Waals surface area contributed by atoms with Gasteiger partial charge in [0.25, 0.3) is 0 Å². The van der Waals surface area contributed by atoms with E-state index in [4.69, 9.17) is 23.2 Å². The van der Waals surface area contributed by atoms with Crippen molar-refractivity contribution in [2.45, 2.75) is 12.5 Å². The molecule has 0 aliphatic rings. The van der Waals surface area contributed by atoms with Gasteiger partial charge in [-0.15, -0.1) is 11.6 Å².